The molecule has 7 heterocycles. The van der Waals surface area contributed by atoms with Gasteiger partial charge in [-0.25, -0.2) is 9.97 Å². The van der Waals surface area contributed by atoms with Crippen molar-refractivity contribution >= 4 is 160 Å². The minimum absolute atomic E-state index is 0.660. The lowest BCUT2D eigenvalue weighted by Crippen LogP contribution is -1.99. The molecular formula is C76H43N5S3. The van der Waals surface area contributed by atoms with E-state index in [1.54, 1.807) is 0 Å². The van der Waals surface area contributed by atoms with E-state index in [2.05, 4.69) is 275 Å². The van der Waals surface area contributed by atoms with E-state index in [9.17, 15) is 0 Å². The third-order valence-electron chi connectivity index (χ3n) is 17.5. The predicted octanol–water partition coefficient (Wildman–Crippen LogP) is 21.9. The van der Waals surface area contributed by atoms with Crippen LogP contribution in [0.2, 0.25) is 0 Å². The summed E-state index contributed by atoms with van der Waals surface area (Å²) >= 11 is 5.58. The number of para-hydroxylation sites is 3. The molecule has 0 fully saturated rings. The Bertz CT molecular complexity index is 5740. The lowest BCUT2D eigenvalue weighted by atomic mass is 10.0. The second kappa shape index (κ2) is 17.6. The second-order valence-electron chi connectivity index (χ2n) is 22.0. The number of hydrogen-bond acceptors (Lipinski definition) is 5. The zero-order valence-corrected chi connectivity index (χ0v) is 47.2. The molecule has 0 bridgehead atoms. The summed E-state index contributed by atoms with van der Waals surface area (Å²) in [5.74, 6) is 0.660. The van der Waals surface area contributed by atoms with Crippen molar-refractivity contribution in [3.8, 4) is 51.0 Å². The molecule has 19 aromatic rings. The Morgan fingerprint density at radius 1 is 0.238 bits per heavy atom. The Hall–Kier alpha value is -10.2. The van der Waals surface area contributed by atoms with Crippen LogP contribution in [-0.2, 0) is 0 Å². The van der Waals surface area contributed by atoms with E-state index in [1.165, 1.54) is 120 Å². The molecule has 8 heteroatoms. The fourth-order valence-corrected chi connectivity index (χ4v) is 17.1. The molecule has 19 rings (SSSR count). The average Bonchev–Trinajstić information content (AvgIpc) is 2.19. The highest BCUT2D eigenvalue weighted by Crippen LogP contribution is 2.47. The standard InChI is InChI=1S/C76H43N5S3/c1-7-22-61-50(16-1)53-36-39-67-70(56-19-4-10-25-64(56)82-67)73(53)79(61)47-32-28-44(29-33-47)59-43-60(45-30-34-48(35-31-45)80-62-23-8-2-17-51(62)54-37-40-68-71(74(54)80)57-20-5-11-26-65(57)83-68)78-76(77-59)46-14-13-15-49(42-46)81-63-24-9-3-18-52(63)55-38-41-69-72(75(55)81)58-21-6-12-27-66(58)84-69/h1-43H. The Balaban J connectivity index is 0.801. The first-order chi connectivity index (χ1) is 41.6. The molecule has 12 aromatic carbocycles. The third kappa shape index (κ3) is 6.64. The SMILES string of the molecule is c1cc(-c2nc(-c3ccc(-n4c5ccccc5c5ccc6sc7ccccc7c6c54)cc3)cc(-c3ccc(-n4c5ccccc5c5ccc6sc7ccccc7c6c54)cc3)n2)cc(-n2c3ccccc3c3ccc4sc5ccccc5c4c32)c1. The fraction of sp³-hybridized carbons (Fsp3) is 0. The number of nitrogens with zero attached hydrogens (tertiary/aromatic N) is 5. The first kappa shape index (κ1) is 46.4. The summed E-state index contributed by atoms with van der Waals surface area (Å²) in [6.07, 6.45) is 0. The lowest BCUT2D eigenvalue weighted by Gasteiger charge is -2.14. The number of thiophene rings is 3. The lowest BCUT2D eigenvalue weighted by molar-refractivity contribution is 1.15. The molecule has 390 valence electrons. The molecule has 84 heavy (non-hydrogen) atoms. The van der Waals surface area contributed by atoms with Crippen LogP contribution in [0.1, 0.15) is 0 Å². The Morgan fingerprint density at radius 2 is 0.595 bits per heavy atom. The van der Waals surface area contributed by atoms with Crippen molar-refractivity contribution in [2.75, 3.05) is 0 Å². The van der Waals surface area contributed by atoms with Crippen LogP contribution in [0.4, 0.5) is 0 Å². The number of benzene rings is 12. The molecular weight excluding hydrogens is 1080 g/mol. The summed E-state index contributed by atoms with van der Waals surface area (Å²) in [6, 6.07) is 95.7. The molecule has 0 radical (unpaired) electrons. The highest BCUT2D eigenvalue weighted by Gasteiger charge is 2.23. The molecule has 0 aliphatic heterocycles. The smallest absolute Gasteiger partial charge is 0.160 e. The normalized spacial score (nSPS) is 12.3. The van der Waals surface area contributed by atoms with Gasteiger partial charge in [0.2, 0.25) is 0 Å². The van der Waals surface area contributed by atoms with Gasteiger partial charge < -0.3 is 13.7 Å². The first-order valence-electron chi connectivity index (χ1n) is 28.4. The largest absolute Gasteiger partial charge is 0.309 e. The van der Waals surface area contributed by atoms with Gasteiger partial charge in [-0.2, -0.15) is 0 Å². The van der Waals surface area contributed by atoms with Crippen LogP contribution in [-0.4, -0.2) is 23.7 Å². The van der Waals surface area contributed by atoms with Crippen molar-refractivity contribution in [2.45, 2.75) is 0 Å². The Kier molecular flexibility index (Phi) is 9.75. The maximum absolute atomic E-state index is 5.54. The van der Waals surface area contributed by atoms with Crippen molar-refractivity contribution in [3.05, 3.63) is 261 Å². The van der Waals surface area contributed by atoms with Crippen LogP contribution in [0.25, 0.3) is 177 Å². The number of aromatic nitrogens is 5. The second-order valence-corrected chi connectivity index (χ2v) is 25.2. The molecule has 0 aliphatic rings. The summed E-state index contributed by atoms with van der Waals surface area (Å²) in [4.78, 5) is 11.1. The van der Waals surface area contributed by atoms with E-state index in [0.29, 0.717) is 5.82 Å². The van der Waals surface area contributed by atoms with Crippen molar-refractivity contribution in [2.24, 2.45) is 0 Å². The number of fused-ring (bicyclic) bond motifs is 21. The van der Waals surface area contributed by atoms with Gasteiger partial charge in [0.05, 0.1) is 44.5 Å². The molecule has 0 saturated heterocycles. The number of rotatable bonds is 6. The van der Waals surface area contributed by atoms with Gasteiger partial charge in [-0.3, -0.25) is 0 Å². The van der Waals surface area contributed by atoms with Gasteiger partial charge >= 0.3 is 0 Å². The molecule has 0 amide bonds. The highest BCUT2D eigenvalue weighted by molar-refractivity contribution is 7.26. The van der Waals surface area contributed by atoms with E-state index in [4.69, 9.17) is 9.97 Å². The van der Waals surface area contributed by atoms with Crippen molar-refractivity contribution in [1.29, 1.82) is 0 Å². The maximum atomic E-state index is 5.54. The van der Waals surface area contributed by atoms with Gasteiger partial charge in [-0.1, -0.05) is 164 Å². The summed E-state index contributed by atoms with van der Waals surface area (Å²) in [7, 11) is 0. The summed E-state index contributed by atoms with van der Waals surface area (Å²) in [5, 5.41) is 15.2. The highest BCUT2D eigenvalue weighted by atomic mass is 32.1. The fourth-order valence-electron chi connectivity index (χ4n) is 13.8. The van der Waals surface area contributed by atoms with Gasteiger partial charge in [-0.05, 0) is 97.1 Å². The van der Waals surface area contributed by atoms with E-state index in [1.807, 2.05) is 34.0 Å². The van der Waals surface area contributed by atoms with Crippen molar-refractivity contribution in [3.63, 3.8) is 0 Å². The van der Waals surface area contributed by atoms with Crippen molar-refractivity contribution in [1.82, 2.24) is 23.7 Å². The topological polar surface area (TPSA) is 40.6 Å². The van der Waals surface area contributed by atoms with Crippen molar-refractivity contribution < 1.29 is 0 Å². The van der Waals surface area contributed by atoms with E-state index in [-0.39, 0.29) is 0 Å². The van der Waals surface area contributed by atoms with Crippen LogP contribution in [0.3, 0.4) is 0 Å². The predicted molar refractivity (Wildman–Crippen MR) is 360 cm³/mol. The summed E-state index contributed by atoms with van der Waals surface area (Å²) < 4.78 is 15.1. The monoisotopic (exact) mass is 1120 g/mol. The molecule has 0 unspecified atom stereocenters. The molecule has 7 aromatic heterocycles. The average molecular weight is 1120 g/mol. The van der Waals surface area contributed by atoms with Crippen LogP contribution in [0.5, 0.6) is 0 Å². The summed E-state index contributed by atoms with van der Waals surface area (Å²) in [6.45, 7) is 0. The Morgan fingerprint density at radius 3 is 1.00 bits per heavy atom. The van der Waals surface area contributed by atoms with E-state index >= 15 is 0 Å². The first-order valence-corrected chi connectivity index (χ1v) is 30.8. The third-order valence-corrected chi connectivity index (χ3v) is 20.9. The molecule has 0 saturated carbocycles. The van der Waals surface area contributed by atoms with Crippen LogP contribution in [0, 0.1) is 0 Å². The minimum atomic E-state index is 0.660. The zero-order chi connectivity index (χ0) is 54.7. The van der Waals surface area contributed by atoms with Gasteiger partial charge in [0.1, 0.15) is 0 Å². The van der Waals surface area contributed by atoms with Gasteiger partial charge in [0.15, 0.2) is 5.82 Å². The van der Waals surface area contributed by atoms with Gasteiger partial charge in [0, 0.05) is 127 Å². The zero-order valence-electron chi connectivity index (χ0n) is 44.8. The quantitative estimate of drug-likeness (QED) is 0.166. The minimum Gasteiger partial charge on any atom is -0.309 e. The van der Waals surface area contributed by atoms with Crippen LogP contribution in [0.15, 0.2) is 261 Å². The molecule has 0 aliphatic carbocycles. The molecule has 0 N–H and O–H groups in total. The number of hydrogen-bond donors (Lipinski definition) is 0. The van der Waals surface area contributed by atoms with Gasteiger partial charge in [-0.15, -0.1) is 34.0 Å². The molecule has 5 nitrogen and oxygen atoms in total. The van der Waals surface area contributed by atoms with Crippen LogP contribution < -0.4 is 0 Å². The molecule has 0 spiro atoms. The van der Waals surface area contributed by atoms with Gasteiger partial charge in [0.25, 0.3) is 0 Å². The van der Waals surface area contributed by atoms with E-state index in [0.717, 1.165) is 50.7 Å². The summed E-state index contributed by atoms with van der Waals surface area (Å²) in [5.41, 5.74) is 15.1. The van der Waals surface area contributed by atoms with Crippen LogP contribution >= 0.6 is 34.0 Å². The van der Waals surface area contributed by atoms with E-state index < -0.39 is 0 Å². The maximum Gasteiger partial charge on any atom is 0.160 e. The molecule has 0 atom stereocenters. The Labute approximate surface area is 492 Å².